The number of carbonyl (C=O) groups is 1. The highest BCUT2D eigenvalue weighted by Crippen LogP contribution is 2.21. The van der Waals surface area contributed by atoms with Crippen molar-refractivity contribution < 1.29 is 9.18 Å². The van der Waals surface area contributed by atoms with E-state index in [-0.39, 0.29) is 24.2 Å². The van der Waals surface area contributed by atoms with Gasteiger partial charge in [-0.1, -0.05) is 24.3 Å². The lowest BCUT2D eigenvalue weighted by Crippen LogP contribution is -2.49. The largest absolute Gasteiger partial charge is 0.355 e. The first-order valence-electron chi connectivity index (χ1n) is 8.30. The Bertz CT molecular complexity index is 692. The number of benzene rings is 1. The molecule has 4 nitrogen and oxygen atoms in total. The van der Waals surface area contributed by atoms with E-state index in [1.807, 2.05) is 25.2 Å². The number of piperidine rings is 1. The minimum absolute atomic E-state index is 0.0482. The maximum absolute atomic E-state index is 13.8. The monoisotopic (exact) mass is 327 g/mol. The second kappa shape index (κ2) is 7.43. The summed E-state index contributed by atoms with van der Waals surface area (Å²) in [5.41, 5.74) is 0.451. The molecule has 2 aromatic rings. The number of pyridine rings is 1. The molecule has 0 saturated carbocycles. The standard InChI is InChI=1S/C19H22FN3O/c1-22(19(24)13-15-7-2-3-9-17(15)20)16-8-6-12-23(14-16)18-10-4-5-11-21-18/h2-5,7,9-11,16H,6,8,12-14H2,1H3. The molecule has 5 heteroatoms. The van der Waals surface area contributed by atoms with E-state index in [0.29, 0.717) is 5.56 Å². The number of nitrogens with zero attached hydrogens (tertiary/aromatic N) is 3. The molecule has 1 aliphatic heterocycles. The lowest BCUT2D eigenvalue weighted by Gasteiger charge is -2.38. The van der Waals surface area contributed by atoms with E-state index in [1.165, 1.54) is 6.07 Å². The summed E-state index contributed by atoms with van der Waals surface area (Å²) >= 11 is 0. The number of halogens is 1. The summed E-state index contributed by atoms with van der Waals surface area (Å²) < 4.78 is 13.8. The van der Waals surface area contributed by atoms with Gasteiger partial charge < -0.3 is 9.80 Å². The highest BCUT2D eigenvalue weighted by atomic mass is 19.1. The molecule has 1 aromatic carbocycles. The van der Waals surface area contributed by atoms with Crippen LogP contribution in [0.1, 0.15) is 18.4 Å². The number of anilines is 1. The van der Waals surface area contributed by atoms with Gasteiger partial charge in [-0.15, -0.1) is 0 Å². The van der Waals surface area contributed by atoms with Gasteiger partial charge in [-0.25, -0.2) is 9.37 Å². The van der Waals surface area contributed by atoms with Crippen LogP contribution < -0.4 is 4.90 Å². The Hall–Kier alpha value is -2.43. The van der Waals surface area contributed by atoms with E-state index >= 15 is 0 Å². The maximum Gasteiger partial charge on any atom is 0.227 e. The fourth-order valence-corrected chi connectivity index (χ4v) is 3.15. The van der Waals surface area contributed by atoms with E-state index in [4.69, 9.17) is 0 Å². The summed E-state index contributed by atoms with van der Waals surface area (Å²) in [7, 11) is 1.82. The van der Waals surface area contributed by atoms with Gasteiger partial charge in [0.1, 0.15) is 11.6 Å². The van der Waals surface area contributed by atoms with Crippen LogP contribution in [0.15, 0.2) is 48.7 Å². The molecule has 126 valence electrons. The molecular formula is C19H22FN3O. The van der Waals surface area contributed by atoms with Crippen LogP contribution in [0.5, 0.6) is 0 Å². The molecule has 0 N–H and O–H groups in total. The predicted octanol–water partition coefficient (Wildman–Crippen LogP) is 2.89. The average molecular weight is 327 g/mol. The zero-order valence-electron chi connectivity index (χ0n) is 13.9. The van der Waals surface area contributed by atoms with Crippen LogP contribution >= 0.6 is 0 Å². The number of carbonyl (C=O) groups excluding carboxylic acids is 1. The number of rotatable bonds is 4. The molecule has 1 saturated heterocycles. The molecule has 24 heavy (non-hydrogen) atoms. The average Bonchev–Trinajstić information content (AvgIpc) is 2.64. The fraction of sp³-hybridized carbons (Fsp3) is 0.368. The lowest BCUT2D eigenvalue weighted by molar-refractivity contribution is -0.131. The van der Waals surface area contributed by atoms with E-state index in [1.54, 1.807) is 29.3 Å². The van der Waals surface area contributed by atoms with Gasteiger partial charge in [0.05, 0.1) is 6.42 Å². The normalized spacial score (nSPS) is 17.6. The Balaban J connectivity index is 1.65. The second-order valence-corrected chi connectivity index (χ2v) is 6.20. The first kappa shape index (κ1) is 16.4. The van der Waals surface area contributed by atoms with Crippen molar-refractivity contribution in [3.8, 4) is 0 Å². The van der Waals surface area contributed by atoms with Gasteiger partial charge in [0, 0.05) is 32.4 Å². The van der Waals surface area contributed by atoms with Crippen LogP contribution in [-0.4, -0.2) is 42.0 Å². The van der Waals surface area contributed by atoms with Crippen LogP contribution in [0.4, 0.5) is 10.2 Å². The molecule has 1 unspecified atom stereocenters. The van der Waals surface area contributed by atoms with Gasteiger partial charge in [-0.3, -0.25) is 4.79 Å². The summed E-state index contributed by atoms with van der Waals surface area (Å²) in [4.78, 5) is 20.9. The SMILES string of the molecule is CN(C(=O)Cc1ccccc1F)C1CCCN(c2ccccn2)C1. The van der Waals surface area contributed by atoms with Crippen molar-refractivity contribution in [1.82, 2.24) is 9.88 Å². The highest BCUT2D eigenvalue weighted by Gasteiger charge is 2.27. The van der Waals surface area contributed by atoms with E-state index in [2.05, 4.69) is 9.88 Å². The topological polar surface area (TPSA) is 36.4 Å². The summed E-state index contributed by atoms with van der Waals surface area (Å²) in [6.45, 7) is 1.71. The number of amides is 1. The van der Waals surface area contributed by atoms with Crippen LogP contribution in [0, 0.1) is 5.82 Å². The van der Waals surface area contributed by atoms with Crippen molar-refractivity contribution in [3.63, 3.8) is 0 Å². The molecule has 1 aliphatic rings. The molecule has 0 spiro atoms. The van der Waals surface area contributed by atoms with E-state index in [0.717, 1.165) is 31.7 Å². The number of hydrogen-bond donors (Lipinski definition) is 0. The van der Waals surface area contributed by atoms with Crippen LogP contribution in [0.3, 0.4) is 0 Å². The fourth-order valence-electron chi connectivity index (χ4n) is 3.15. The van der Waals surface area contributed by atoms with Gasteiger partial charge in [0.15, 0.2) is 0 Å². The molecule has 1 aromatic heterocycles. The quantitative estimate of drug-likeness (QED) is 0.866. The summed E-state index contributed by atoms with van der Waals surface area (Å²) in [6, 6.07) is 12.4. The molecule has 3 rings (SSSR count). The molecule has 1 amide bonds. The van der Waals surface area contributed by atoms with E-state index < -0.39 is 0 Å². The van der Waals surface area contributed by atoms with Crippen molar-refractivity contribution in [3.05, 3.63) is 60.0 Å². The summed E-state index contributed by atoms with van der Waals surface area (Å²) in [5.74, 6) is 0.572. The van der Waals surface area contributed by atoms with Crippen LogP contribution in [-0.2, 0) is 11.2 Å². The van der Waals surface area contributed by atoms with Crippen LogP contribution in [0.2, 0.25) is 0 Å². The summed E-state index contributed by atoms with van der Waals surface area (Å²) in [5, 5.41) is 0. The molecular weight excluding hydrogens is 305 g/mol. The minimum Gasteiger partial charge on any atom is -0.355 e. The Kier molecular flexibility index (Phi) is 5.08. The zero-order chi connectivity index (χ0) is 16.9. The third-order valence-corrected chi connectivity index (χ3v) is 4.61. The first-order chi connectivity index (χ1) is 11.6. The molecule has 1 fully saturated rings. The Morgan fingerprint density at radius 2 is 2.08 bits per heavy atom. The van der Waals surface area contributed by atoms with Crippen LogP contribution in [0.25, 0.3) is 0 Å². The molecule has 0 radical (unpaired) electrons. The highest BCUT2D eigenvalue weighted by molar-refractivity contribution is 5.79. The molecule has 1 atom stereocenters. The maximum atomic E-state index is 13.8. The predicted molar refractivity (Wildman–Crippen MR) is 92.3 cm³/mol. The first-order valence-corrected chi connectivity index (χ1v) is 8.30. The van der Waals surface area contributed by atoms with Gasteiger partial charge in [-0.05, 0) is 36.6 Å². The third-order valence-electron chi connectivity index (χ3n) is 4.61. The molecule has 2 heterocycles. The number of aromatic nitrogens is 1. The molecule has 0 bridgehead atoms. The van der Waals surface area contributed by atoms with Gasteiger partial charge in [0.25, 0.3) is 0 Å². The Labute approximate surface area is 141 Å². The van der Waals surface area contributed by atoms with Crippen molar-refractivity contribution in [1.29, 1.82) is 0 Å². The smallest absolute Gasteiger partial charge is 0.227 e. The lowest BCUT2D eigenvalue weighted by atomic mass is 10.0. The van der Waals surface area contributed by atoms with E-state index in [9.17, 15) is 9.18 Å². The van der Waals surface area contributed by atoms with Crippen molar-refractivity contribution in [2.24, 2.45) is 0 Å². The third kappa shape index (κ3) is 3.72. The van der Waals surface area contributed by atoms with Crippen molar-refractivity contribution in [2.45, 2.75) is 25.3 Å². The van der Waals surface area contributed by atoms with Crippen molar-refractivity contribution >= 4 is 11.7 Å². The summed E-state index contributed by atoms with van der Waals surface area (Å²) in [6.07, 6.45) is 3.86. The minimum atomic E-state index is -0.321. The van der Waals surface area contributed by atoms with Gasteiger partial charge >= 0.3 is 0 Å². The van der Waals surface area contributed by atoms with Gasteiger partial charge in [0.2, 0.25) is 5.91 Å². The van der Waals surface area contributed by atoms with Crippen molar-refractivity contribution in [2.75, 3.05) is 25.0 Å². The van der Waals surface area contributed by atoms with Gasteiger partial charge in [-0.2, -0.15) is 0 Å². The Morgan fingerprint density at radius 3 is 2.83 bits per heavy atom. The zero-order valence-corrected chi connectivity index (χ0v) is 13.9. The number of hydrogen-bond acceptors (Lipinski definition) is 3. The molecule has 0 aliphatic carbocycles. The Morgan fingerprint density at radius 1 is 1.29 bits per heavy atom. The second-order valence-electron chi connectivity index (χ2n) is 6.20. The number of likely N-dealkylation sites (N-methyl/N-ethyl adjacent to an activating group) is 1.